The van der Waals surface area contributed by atoms with Gasteiger partial charge in [0.15, 0.2) is 0 Å². The molecule has 2 N–H and O–H groups in total. The quantitative estimate of drug-likeness (QED) is 0.560. The van der Waals surface area contributed by atoms with Crippen molar-refractivity contribution < 1.29 is 0 Å². The van der Waals surface area contributed by atoms with E-state index in [1.165, 1.54) is 19.4 Å². The first-order chi connectivity index (χ1) is 4.38. The molecule has 2 unspecified atom stereocenters. The summed E-state index contributed by atoms with van der Waals surface area (Å²) >= 11 is 0. The highest BCUT2D eigenvalue weighted by Crippen LogP contribution is 2.08. The van der Waals surface area contributed by atoms with Gasteiger partial charge in [0.2, 0.25) is 0 Å². The van der Waals surface area contributed by atoms with Crippen LogP contribution >= 0.6 is 0 Å². The highest BCUT2D eigenvalue weighted by molar-refractivity contribution is 4.86. The van der Waals surface area contributed by atoms with E-state index < -0.39 is 0 Å². The summed E-state index contributed by atoms with van der Waals surface area (Å²) in [6, 6.07) is 1.44. The Morgan fingerprint density at radius 3 is 2.89 bits per heavy atom. The molecular weight excluding hydrogens is 112 g/mol. The van der Waals surface area contributed by atoms with Crippen molar-refractivity contribution >= 4 is 0 Å². The van der Waals surface area contributed by atoms with Gasteiger partial charge < -0.3 is 10.6 Å². The summed E-state index contributed by atoms with van der Waals surface area (Å²) in [6.07, 6.45) is 2.53. The Labute approximate surface area is 57.0 Å². The maximum absolute atomic E-state index is 3.44. The lowest BCUT2D eigenvalue weighted by Crippen LogP contribution is -2.37. The van der Waals surface area contributed by atoms with Crippen molar-refractivity contribution in [3.63, 3.8) is 0 Å². The number of rotatable bonds is 2. The molecule has 0 spiro atoms. The van der Waals surface area contributed by atoms with E-state index >= 15 is 0 Å². The monoisotopic (exact) mass is 128 g/mol. The minimum Gasteiger partial charge on any atom is -0.315 e. The molecule has 1 saturated heterocycles. The largest absolute Gasteiger partial charge is 0.315 e. The first-order valence-electron chi connectivity index (χ1n) is 3.79. The topological polar surface area (TPSA) is 24.1 Å². The van der Waals surface area contributed by atoms with Gasteiger partial charge in [0.1, 0.15) is 0 Å². The van der Waals surface area contributed by atoms with Crippen LogP contribution in [0.25, 0.3) is 0 Å². The Morgan fingerprint density at radius 2 is 2.44 bits per heavy atom. The standard InChI is InChI=1S/C7H16N2/c1-3-6-7(8-2)4-5-9-6/h6-9H,3-5H2,1-2H3. The molecule has 54 valence electrons. The SMILES string of the molecule is CCC1NCCC1NC. The first-order valence-corrected chi connectivity index (χ1v) is 3.79. The minimum absolute atomic E-state index is 0.718. The van der Waals surface area contributed by atoms with Crippen molar-refractivity contribution in [2.24, 2.45) is 0 Å². The molecule has 0 aromatic carbocycles. The molecule has 2 atom stereocenters. The lowest BCUT2D eigenvalue weighted by molar-refractivity contribution is 0.470. The van der Waals surface area contributed by atoms with Crippen molar-refractivity contribution in [1.82, 2.24) is 10.6 Å². The molecule has 2 heteroatoms. The van der Waals surface area contributed by atoms with Crippen molar-refractivity contribution in [1.29, 1.82) is 0 Å². The van der Waals surface area contributed by atoms with Gasteiger partial charge >= 0.3 is 0 Å². The Hall–Kier alpha value is -0.0800. The summed E-state index contributed by atoms with van der Waals surface area (Å²) in [4.78, 5) is 0. The minimum atomic E-state index is 0.718. The van der Waals surface area contributed by atoms with Crippen molar-refractivity contribution in [2.75, 3.05) is 13.6 Å². The molecule has 1 aliphatic heterocycles. The van der Waals surface area contributed by atoms with E-state index in [1.807, 2.05) is 7.05 Å². The van der Waals surface area contributed by atoms with E-state index in [-0.39, 0.29) is 0 Å². The highest BCUT2D eigenvalue weighted by atomic mass is 15.0. The maximum atomic E-state index is 3.44. The van der Waals surface area contributed by atoms with Gasteiger partial charge in [-0.3, -0.25) is 0 Å². The molecule has 9 heavy (non-hydrogen) atoms. The zero-order valence-corrected chi connectivity index (χ0v) is 6.28. The van der Waals surface area contributed by atoms with Crippen LogP contribution < -0.4 is 10.6 Å². The molecule has 1 heterocycles. The van der Waals surface area contributed by atoms with Gasteiger partial charge in [-0.05, 0) is 26.4 Å². The second-order valence-corrected chi connectivity index (χ2v) is 2.65. The lowest BCUT2D eigenvalue weighted by atomic mass is 10.1. The molecule has 1 fully saturated rings. The van der Waals surface area contributed by atoms with Crippen LogP contribution in [0.2, 0.25) is 0 Å². The van der Waals surface area contributed by atoms with Gasteiger partial charge in [0, 0.05) is 12.1 Å². The summed E-state index contributed by atoms with van der Waals surface area (Å²) in [5, 5.41) is 6.75. The summed E-state index contributed by atoms with van der Waals surface area (Å²) < 4.78 is 0. The molecular formula is C7H16N2. The average molecular weight is 128 g/mol. The number of nitrogens with one attached hydrogen (secondary N) is 2. The molecule has 0 saturated carbocycles. The molecule has 0 radical (unpaired) electrons. The predicted molar refractivity (Wildman–Crippen MR) is 39.5 cm³/mol. The third-order valence-corrected chi connectivity index (χ3v) is 2.16. The van der Waals surface area contributed by atoms with Gasteiger partial charge in [-0.1, -0.05) is 6.92 Å². The normalized spacial score (nSPS) is 35.3. The van der Waals surface area contributed by atoms with Crippen LogP contribution in [0, 0.1) is 0 Å². The van der Waals surface area contributed by atoms with E-state index in [2.05, 4.69) is 17.6 Å². The lowest BCUT2D eigenvalue weighted by Gasteiger charge is -2.15. The Bertz CT molecular complexity index is 73.0. The average Bonchev–Trinajstić information content (AvgIpc) is 2.33. The molecule has 1 aliphatic rings. The molecule has 0 bridgehead atoms. The van der Waals surface area contributed by atoms with E-state index in [1.54, 1.807) is 0 Å². The van der Waals surface area contributed by atoms with E-state index in [4.69, 9.17) is 0 Å². The van der Waals surface area contributed by atoms with E-state index in [9.17, 15) is 0 Å². The van der Waals surface area contributed by atoms with Gasteiger partial charge in [0.25, 0.3) is 0 Å². The smallest absolute Gasteiger partial charge is 0.0230 e. The van der Waals surface area contributed by atoms with Gasteiger partial charge in [0.05, 0.1) is 0 Å². The molecule has 0 aliphatic carbocycles. The fourth-order valence-electron chi connectivity index (χ4n) is 1.54. The van der Waals surface area contributed by atoms with Gasteiger partial charge in [-0.15, -0.1) is 0 Å². The highest BCUT2D eigenvalue weighted by Gasteiger charge is 2.22. The van der Waals surface area contributed by atoms with Crippen LogP contribution in [0.1, 0.15) is 19.8 Å². The van der Waals surface area contributed by atoms with Crippen LogP contribution in [0.3, 0.4) is 0 Å². The van der Waals surface area contributed by atoms with Gasteiger partial charge in [-0.2, -0.15) is 0 Å². The van der Waals surface area contributed by atoms with Crippen LogP contribution in [-0.2, 0) is 0 Å². The molecule has 0 amide bonds. The third-order valence-electron chi connectivity index (χ3n) is 2.16. The molecule has 0 aromatic heterocycles. The third kappa shape index (κ3) is 1.43. The van der Waals surface area contributed by atoms with Crippen LogP contribution in [0.15, 0.2) is 0 Å². The van der Waals surface area contributed by atoms with Crippen LogP contribution in [0.5, 0.6) is 0 Å². The maximum Gasteiger partial charge on any atom is 0.0230 e. The Balaban J connectivity index is 2.32. The fourth-order valence-corrected chi connectivity index (χ4v) is 1.54. The Morgan fingerprint density at radius 1 is 1.67 bits per heavy atom. The van der Waals surface area contributed by atoms with Crippen LogP contribution in [-0.4, -0.2) is 25.7 Å². The summed E-state index contributed by atoms with van der Waals surface area (Å²) in [5.41, 5.74) is 0. The van der Waals surface area contributed by atoms with E-state index in [0.717, 1.165) is 12.1 Å². The summed E-state index contributed by atoms with van der Waals surface area (Å²) in [5.74, 6) is 0. The van der Waals surface area contributed by atoms with Crippen molar-refractivity contribution in [2.45, 2.75) is 31.8 Å². The number of hydrogen-bond acceptors (Lipinski definition) is 2. The summed E-state index contributed by atoms with van der Waals surface area (Å²) in [6.45, 7) is 3.41. The zero-order chi connectivity index (χ0) is 6.69. The number of hydrogen-bond donors (Lipinski definition) is 2. The summed E-state index contributed by atoms with van der Waals surface area (Å²) in [7, 11) is 2.04. The van der Waals surface area contributed by atoms with Crippen LogP contribution in [0.4, 0.5) is 0 Å². The zero-order valence-electron chi connectivity index (χ0n) is 6.28. The number of likely N-dealkylation sites (N-methyl/N-ethyl adjacent to an activating group) is 1. The predicted octanol–water partition coefficient (Wildman–Crippen LogP) is 0.346. The second-order valence-electron chi connectivity index (χ2n) is 2.65. The first kappa shape index (κ1) is 7.03. The van der Waals surface area contributed by atoms with E-state index in [0.29, 0.717) is 0 Å². The van der Waals surface area contributed by atoms with Crippen molar-refractivity contribution in [3.8, 4) is 0 Å². The molecule has 2 nitrogen and oxygen atoms in total. The van der Waals surface area contributed by atoms with Gasteiger partial charge in [-0.25, -0.2) is 0 Å². The second kappa shape index (κ2) is 3.18. The molecule has 1 rings (SSSR count). The Kier molecular flexibility index (Phi) is 2.49. The van der Waals surface area contributed by atoms with Crippen molar-refractivity contribution in [3.05, 3.63) is 0 Å². The fraction of sp³-hybridized carbons (Fsp3) is 1.00. The molecule has 0 aromatic rings.